The largest absolute Gasteiger partial charge is 0.480 e. The Labute approximate surface area is 145 Å². The number of carbonyl (C=O) groups is 2. The highest BCUT2D eigenvalue weighted by atomic mass is 35.5. The average Bonchev–Trinajstić information content (AvgIpc) is 2.96. The summed E-state index contributed by atoms with van der Waals surface area (Å²) in [6.07, 6.45) is 1.55. The molecule has 0 aromatic heterocycles. The molecular weight excluding hydrogens is 338 g/mol. The predicted molar refractivity (Wildman–Crippen MR) is 90.6 cm³/mol. The van der Waals surface area contributed by atoms with Crippen LogP contribution in [0.4, 0.5) is 11.4 Å². The second kappa shape index (κ2) is 8.60. The van der Waals surface area contributed by atoms with Gasteiger partial charge in [0.2, 0.25) is 5.91 Å². The third-order valence-corrected chi connectivity index (χ3v) is 3.98. The molecule has 8 nitrogen and oxygen atoms in total. The van der Waals surface area contributed by atoms with Crippen LogP contribution in [0.25, 0.3) is 0 Å². The Morgan fingerprint density at radius 2 is 2.17 bits per heavy atom. The van der Waals surface area contributed by atoms with Crippen molar-refractivity contribution in [3.63, 3.8) is 0 Å². The van der Waals surface area contributed by atoms with Gasteiger partial charge in [-0.25, -0.2) is 0 Å². The molecule has 0 spiro atoms. The number of carboxylic acid groups (broad SMARTS) is 1. The number of hydrogen-bond donors (Lipinski definition) is 2. The smallest absolute Gasteiger partial charge is 0.320 e. The lowest BCUT2D eigenvalue weighted by Crippen LogP contribution is -2.37. The van der Waals surface area contributed by atoms with Gasteiger partial charge >= 0.3 is 5.97 Å². The maximum Gasteiger partial charge on any atom is 0.320 e. The monoisotopic (exact) mass is 357 g/mol. The van der Waals surface area contributed by atoms with Crippen LogP contribution in [0.1, 0.15) is 24.8 Å². The van der Waals surface area contributed by atoms with Crippen molar-refractivity contribution in [2.75, 3.05) is 18.4 Å². The summed E-state index contributed by atoms with van der Waals surface area (Å²) in [6, 6.07) is 3.76. The van der Waals surface area contributed by atoms with Gasteiger partial charge in [0.05, 0.1) is 10.6 Å². The van der Waals surface area contributed by atoms with Gasteiger partial charge in [0.1, 0.15) is 6.04 Å². The standard InChI is InChI=1S/C15H19N3O5.ClH/c1-10-4-5-11(18(22)23)9-12(10)16-14(19)6-8-17-7-2-3-13(17)15(20)21;/h4-5,9,13H,2-3,6-8H2,1H3,(H,16,19)(H,20,21);1H/t13-;/m0./s1. The van der Waals surface area contributed by atoms with Crippen molar-refractivity contribution in [1.29, 1.82) is 0 Å². The fourth-order valence-electron chi connectivity index (χ4n) is 2.69. The molecule has 132 valence electrons. The number of amides is 1. The minimum absolute atomic E-state index is 0. The number of hydrogen-bond acceptors (Lipinski definition) is 5. The van der Waals surface area contributed by atoms with Gasteiger partial charge in [-0.15, -0.1) is 12.4 Å². The first-order chi connectivity index (χ1) is 10.9. The quantitative estimate of drug-likeness (QED) is 0.596. The minimum atomic E-state index is -0.863. The van der Waals surface area contributed by atoms with Gasteiger partial charge in [-0.2, -0.15) is 0 Å². The Kier molecular flexibility index (Phi) is 7.12. The summed E-state index contributed by atoms with van der Waals surface area (Å²) < 4.78 is 0. The maximum absolute atomic E-state index is 12.0. The molecule has 2 N–H and O–H groups in total. The molecule has 1 fully saturated rings. The highest BCUT2D eigenvalue weighted by Gasteiger charge is 2.30. The number of anilines is 1. The molecule has 0 unspecified atom stereocenters. The topological polar surface area (TPSA) is 113 Å². The molecule has 0 bridgehead atoms. The molecule has 1 amide bonds. The number of carboxylic acids is 1. The fourth-order valence-corrected chi connectivity index (χ4v) is 2.69. The molecule has 1 aromatic rings. The highest BCUT2D eigenvalue weighted by molar-refractivity contribution is 5.92. The molecule has 9 heteroatoms. The normalized spacial score (nSPS) is 17.1. The van der Waals surface area contributed by atoms with Crippen LogP contribution in [0.15, 0.2) is 18.2 Å². The van der Waals surface area contributed by atoms with E-state index in [-0.39, 0.29) is 30.4 Å². The first-order valence-electron chi connectivity index (χ1n) is 7.40. The second-order valence-electron chi connectivity index (χ2n) is 5.59. The molecule has 0 aliphatic carbocycles. The predicted octanol–water partition coefficient (Wildman–Crippen LogP) is 2.20. The molecular formula is C15H20ClN3O5. The summed E-state index contributed by atoms with van der Waals surface area (Å²) >= 11 is 0. The van der Waals surface area contributed by atoms with Crippen molar-refractivity contribution in [1.82, 2.24) is 4.90 Å². The molecule has 1 atom stereocenters. The summed E-state index contributed by atoms with van der Waals surface area (Å²) in [6.45, 7) is 2.77. The third kappa shape index (κ3) is 4.90. The molecule has 1 aliphatic heterocycles. The van der Waals surface area contributed by atoms with Crippen LogP contribution in [0.5, 0.6) is 0 Å². The molecule has 24 heavy (non-hydrogen) atoms. The Morgan fingerprint density at radius 3 is 2.79 bits per heavy atom. The molecule has 1 saturated heterocycles. The van der Waals surface area contributed by atoms with E-state index in [0.717, 1.165) is 12.0 Å². The first kappa shape index (κ1) is 19.9. The van der Waals surface area contributed by atoms with E-state index in [2.05, 4.69) is 5.32 Å². The number of nitro benzene ring substituents is 1. The van der Waals surface area contributed by atoms with Crippen LogP contribution in [0, 0.1) is 17.0 Å². The van der Waals surface area contributed by atoms with Crippen LogP contribution in [-0.2, 0) is 9.59 Å². The van der Waals surface area contributed by atoms with E-state index in [4.69, 9.17) is 5.11 Å². The van der Waals surface area contributed by atoms with Crippen molar-refractivity contribution in [2.45, 2.75) is 32.2 Å². The van der Waals surface area contributed by atoms with Crippen molar-refractivity contribution in [3.05, 3.63) is 33.9 Å². The van der Waals surface area contributed by atoms with Gasteiger partial charge in [-0.3, -0.25) is 24.6 Å². The zero-order valence-electron chi connectivity index (χ0n) is 13.2. The van der Waals surface area contributed by atoms with Gasteiger partial charge in [0, 0.05) is 25.1 Å². The molecule has 2 rings (SSSR count). The zero-order valence-corrected chi connectivity index (χ0v) is 14.0. The SMILES string of the molecule is Cc1ccc([N+](=O)[O-])cc1NC(=O)CCN1CCC[C@H]1C(=O)O.Cl. The van der Waals surface area contributed by atoms with Gasteiger partial charge < -0.3 is 10.4 Å². The summed E-state index contributed by atoms with van der Waals surface area (Å²) in [7, 11) is 0. The third-order valence-electron chi connectivity index (χ3n) is 3.98. The number of nitrogens with one attached hydrogen (secondary N) is 1. The minimum Gasteiger partial charge on any atom is -0.480 e. The fraction of sp³-hybridized carbons (Fsp3) is 0.467. The van der Waals surface area contributed by atoms with E-state index in [1.807, 2.05) is 0 Å². The highest BCUT2D eigenvalue weighted by Crippen LogP contribution is 2.22. The average molecular weight is 358 g/mol. The summed E-state index contributed by atoms with van der Waals surface area (Å²) in [5.41, 5.74) is 1.05. The van der Waals surface area contributed by atoms with Crippen molar-refractivity contribution < 1.29 is 19.6 Å². The van der Waals surface area contributed by atoms with Crippen LogP contribution >= 0.6 is 12.4 Å². The van der Waals surface area contributed by atoms with Crippen LogP contribution < -0.4 is 5.32 Å². The Bertz CT molecular complexity index is 638. The Morgan fingerprint density at radius 1 is 1.46 bits per heavy atom. The lowest BCUT2D eigenvalue weighted by atomic mass is 10.1. The molecule has 0 radical (unpaired) electrons. The van der Waals surface area contributed by atoms with E-state index in [9.17, 15) is 19.7 Å². The van der Waals surface area contributed by atoms with Crippen molar-refractivity contribution >= 4 is 35.7 Å². The molecule has 1 heterocycles. The number of nitrogens with zero attached hydrogens (tertiary/aromatic N) is 2. The summed E-state index contributed by atoms with van der Waals surface area (Å²) in [4.78, 5) is 35.2. The van der Waals surface area contributed by atoms with E-state index >= 15 is 0 Å². The molecule has 1 aliphatic rings. The Hall–Kier alpha value is -2.19. The van der Waals surface area contributed by atoms with Gasteiger partial charge in [0.25, 0.3) is 5.69 Å². The number of benzene rings is 1. The van der Waals surface area contributed by atoms with Gasteiger partial charge in [-0.05, 0) is 31.9 Å². The van der Waals surface area contributed by atoms with E-state index in [1.165, 1.54) is 12.1 Å². The van der Waals surface area contributed by atoms with E-state index in [1.54, 1.807) is 17.9 Å². The zero-order chi connectivity index (χ0) is 17.0. The first-order valence-corrected chi connectivity index (χ1v) is 7.40. The molecule has 0 saturated carbocycles. The summed E-state index contributed by atoms with van der Waals surface area (Å²) in [5, 5.41) is 22.5. The lowest BCUT2D eigenvalue weighted by Gasteiger charge is -2.20. The van der Waals surface area contributed by atoms with Crippen LogP contribution in [-0.4, -0.2) is 45.9 Å². The number of aryl methyl sites for hydroxylation is 1. The molecule has 1 aromatic carbocycles. The summed E-state index contributed by atoms with van der Waals surface area (Å²) in [5.74, 6) is -1.15. The van der Waals surface area contributed by atoms with Crippen LogP contribution in [0.2, 0.25) is 0 Å². The Balaban J connectivity index is 0.00000288. The second-order valence-corrected chi connectivity index (χ2v) is 5.59. The number of rotatable bonds is 6. The number of likely N-dealkylation sites (tertiary alicyclic amines) is 1. The van der Waals surface area contributed by atoms with Gasteiger partial charge in [0.15, 0.2) is 0 Å². The number of non-ortho nitro benzene ring substituents is 1. The number of nitro groups is 1. The number of halogens is 1. The number of aliphatic carboxylic acids is 1. The maximum atomic E-state index is 12.0. The van der Waals surface area contributed by atoms with Crippen LogP contribution in [0.3, 0.4) is 0 Å². The van der Waals surface area contributed by atoms with Gasteiger partial charge in [-0.1, -0.05) is 6.07 Å². The van der Waals surface area contributed by atoms with E-state index in [0.29, 0.717) is 25.2 Å². The van der Waals surface area contributed by atoms with Crippen molar-refractivity contribution in [2.24, 2.45) is 0 Å². The van der Waals surface area contributed by atoms with Crippen molar-refractivity contribution in [3.8, 4) is 0 Å². The lowest BCUT2D eigenvalue weighted by molar-refractivity contribution is -0.384. The number of carbonyl (C=O) groups excluding carboxylic acids is 1. The van der Waals surface area contributed by atoms with E-state index < -0.39 is 16.9 Å².